The van der Waals surface area contributed by atoms with E-state index in [4.69, 9.17) is 4.74 Å². The summed E-state index contributed by atoms with van der Waals surface area (Å²) >= 11 is 0. The first-order valence-electron chi connectivity index (χ1n) is 8.73. The van der Waals surface area contributed by atoms with Crippen molar-refractivity contribution < 1.29 is 19.2 Å². The number of nitro groups is 1. The molecule has 146 valence electrons. The van der Waals surface area contributed by atoms with Gasteiger partial charge in [-0.3, -0.25) is 19.7 Å². The van der Waals surface area contributed by atoms with E-state index in [1.54, 1.807) is 24.3 Å². The van der Waals surface area contributed by atoms with Gasteiger partial charge in [0.2, 0.25) is 5.91 Å². The molecule has 2 aromatic rings. The molecule has 3 rings (SSSR count). The van der Waals surface area contributed by atoms with E-state index in [1.807, 2.05) is 0 Å². The highest BCUT2D eigenvalue weighted by molar-refractivity contribution is 5.96. The second-order valence-corrected chi connectivity index (χ2v) is 6.37. The topological polar surface area (TPSA) is 123 Å². The van der Waals surface area contributed by atoms with Crippen molar-refractivity contribution in [3.8, 4) is 5.75 Å². The summed E-state index contributed by atoms with van der Waals surface area (Å²) in [7, 11) is 1.37. The smallest absolute Gasteiger partial charge is 0.273 e. The van der Waals surface area contributed by atoms with Crippen LogP contribution >= 0.6 is 0 Å². The summed E-state index contributed by atoms with van der Waals surface area (Å²) in [6, 6.07) is 11.1. The minimum atomic E-state index is -0.537. The van der Waals surface area contributed by atoms with Crippen LogP contribution in [0.3, 0.4) is 0 Å². The number of ether oxygens (including phenoxy) is 1. The van der Waals surface area contributed by atoms with E-state index in [-0.39, 0.29) is 29.8 Å². The molecule has 1 fully saturated rings. The first kappa shape index (κ1) is 19.2. The Morgan fingerprint density at radius 3 is 2.50 bits per heavy atom. The molecule has 2 amide bonds. The average Bonchev–Trinajstić information content (AvgIpc) is 3.50. The van der Waals surface area contributed by atoms with Gasteiger partial charge in [0.1, 0.15) is 5.75 Å². The largest absolute Gasteiger partial charge is 0.494 e. The third-order valence-corrected chi connectivity index (χ3v) is 4.18. The average molecular weight is 384 g/mol. The van der Waals surface area contributed by atoms with Gasteiger partial charge in [0.25, 0.3) is 11.6 Å². The number of carbonyl (C=O) groups is 2. The van der Waals surface area contributed by atoms with E-state index in [2.05, 4.69) is 16.0 Å². The lowest BCUT2D eigenvalue weighted by Gasteiger charge is -2.11. The molecule has 0 atom stereocenters. The summed E-state index contributed by atoms with van der Waals surface area (Å²) in [6.45, 7) is -0.0201. The number of anilines is 2. The Bertz CT molecular complexity index is 894. The monoisotopic (exact) mass is 384 g/mol. The van der Waals surface area contributed by atoms with Crippen molar-refractivity contribution in [3.63, 3.8) is 0 Å². The lowest BCUT2D eigenvalue weighted by atomic mass is 10.2. The van der Waals surface area contributed by atoms with Gasteiger partial charge in [-0.2, -0.15) is 0 Å². The van der Waals surface area contributed by atoms with Crippen LogP contribution in [0.15, 0.2) is 42.5 Å². The molecule has 0 saturated heterocycles. The van der Waals surface area contributed by atoms with Crippen LogP contribution in [-0.4, -0.2) is 36.4 Å². The molecule has 3 N–H and O–H groups in total. The highest BCUT2D eigenvalue weighted by Gasteiger charge is 2.23. The normalized spacial score (nSPS) is 12.8. The van der Waals surface area contributed by atoms with Crippen molar-refractivity contribution in [1.82, 2.24) is 5.32 Å². The number of non-ortho nitro benzene ring substituents is 1. The standard InChI is InChI=1S/C19H20N4O5/c1-28-17-10-15(23(26)27)8-9-16(17)22-18(24)11-20-13-4-2-12(3-5-13)19(25)21-14-6-7-14/h2-5,8-10,14,20H,6-7,11H2,1H3,(H,21,25)(H,22,24). The van der Waals surface area contributed by atoms with Crippen molar-refractivity contribution in [1.29, 1.82) is 0 Å². The van der Waals surface area contributed by atoms with Crippen LogP contribution in [0.1, 0.15) is 23.2 Å². The summed E-state index contributed by atoms with van der Waals surface area (Å²) in [5, 5.41) is 19.3. The number of nitro benzene ring substituents is 1. The first-order valence-corrected chi connectivity index (χ1v) is 8.73. The maximum atomic E-state index is 12.1. The number of nitrogens with zero attached hydrogens (tertiary/aromatic N) is 1. The van der Waals surface area contributed by atoms with Crippen LogP contribution < -0.4 is 20.7 Å². The molecular weight excluding hydrogens is 364 g/mol. The van der Waals surface area contributed by atoms with Crippen LogP contribution in [0.4, 0.5) is 17.1 Å². The molecule has 0 bridgehead atoms. The van der Waals surface area contributed by atoms with E-state index in [9.17, 15) is 19.7 Å². The number of hydrogen-bond donors (Lipinski definition) is 3. The second kappa shape index (κ2) is 8.38. The zero-order chi connectivity index (χ0) is 20.1. The van der Waals surface area contributed by atoms with Gasteiger partial charge in [0.05, 0.1) is 30.3 Å². The summed E-state index contributed by atoms with van der Waals surface area (Å²) in [6.07, 6.45) is 2.06. The van der Waals surface area contributed by atoms with E-state index < -0.39 is 4.92 Å². The van der Waals surface area contributed by atoms with Gasteiger partial charge in [-0.25, -0.2) is 0 Å². The van der Waals surface area contributed by atoms with Crippen LogP contribution in [0.2, 0.25) is 0 Å². The molecule has 0 spiro atoms. The molecule has 0 aliphatic heterocycles. The third kappa shape index (κ3) is 4.97. The third-order valence-electron chi connectivity index (χ3n) is 4.18. The van der Waals surface area contributed by atoms with Crippen molar-refractivity contribution >= 4 is 28.9 Å². The van der Waals surface area contributed by atoms with Crippen molar-refractivity contribution in [2.24, 2.45) is 0 Å². The number of hydrogen-bond acceptors (Lipinski definition) is 6. The predicted octanol–water partition coefficient (Wildman–Crippen LogP) is 2.55. The molecule has 0 radical (unpaired) electrons. The van der Waals surface area contributed by atoms with Gasteiger partial charge < -0.3 is 20.7 Å². The Kier molecular flexibility index (Phi) is 5.73. The molecule has 28 heavy (non-hydrogen) atoms. The quantitative estimate of drug-likeness (QED) is 0.475. The zero-order valence-electron chi connectivity index (χ0n) is 15.2. The number of benzene rings is 2. The maximum absolute atomic E-state index is 12.1. The molecule has 9 nitrogen and oxygen atoms in total. The molecule has 0 aromatic heterocycles. The van der Waals surface area contributed by atoms with Crippen LogP contribution in [-0.2, 0) is 4.79 Å². The molecule has 9 heteroatoms. The fourth-order valence-corrected chi connectivity index (χ4v) is 2.51. The minimum Gasteiger partial charge on any atom is -0.494 e. The van der Waals surface area contributed by atoms with E-state index in [0.717, 1.165) is 12.8 Å². The van der Waals surface area contributed by atoms with Gasteiger partial charge in [-0.05, 0) is 43.2 Å². The Morgan fingerprint density at radius 1 is 1.18 bits per heavy atom. The summed E-state index contributed by atoms with van der Waals surface area (Å²) in [5.74, 6) is -0.242. The molecule has 1 aliphatic carbocycles. The Balaban J connectivity index is 1.54. The fraction of sp³-hybridized carbons (Fsp3) is 0.263. The molecule has 1 aliphatic rings. The first-order chi connectivity index (χ1) is 13.5. The Morgan fingerprint density at radius 2 is 1.89 bits per heavy atom. The molecule has 2 aromatic carbocycles. The predicted molar refractivity (Wildman–Crippen MR) is 104 cm³/mol. The van der Waals surface area contributed by atoms with Crippen LogP contribution in [0.25, 0.3) is 0 Å². The second-order valence-electron chi connectivity index (χ2n) is 6.37. The maximum Gasteiger partial charge on any atom is 0.273 e. The fourth-order valence-electron chi connectivity index (χ4n) is 2.51. The van der Waals surface area contributed by atoms with E-state index in [1.165, 1.54) is 25.3 Å². The van der Waals surface area contributed by atoms with Crippen molar-refractivity contribution in [3.05, 3.63) is 58.1 Å². The Hall–Kier alpha value is -3.62. The molecule has 0 unspecified atom stereocenters. The van der Waals surface area contributed by atoms with Gasteiger partial charge in [0.15, 0.2) is 0 Å². The zero-order valence-corrected chi connectivity index (χ0v) is 15.2. The van der Waals surface area contributed by atoms with Gasteiger partial charge in [-0.15, -0.1) is 0 Å². The Labute approximate surface area is 161 Å². The molecule has 1 saturated carbocycles. The number of carbonyl (C=O) groups excluding carboxylic acids is 2. The minimum absolute atomic E-state index is 0.0201. The van der Waals surface area contributed by atoms with Gasteiger partial charge in [-0.1, -0.05) is 0 Å². The SMILES string of the molecule is COc1cc([N+](=O)[O-])ccc1NC(=O)CNc1ccc(C(=O)NC2CC2)cc1. The summed E-state index contributed by atoms with van der Waals surface area (Å²) < 4.78 is 5.09. The van der Waals surface area contributed by atoms with Crippen molar-refractivity contribution in [2.75, 3.05) is 24.3 Å². The number of amides is 2. The van der Waals surface area contributed by atoms with Crippen molar-refractivity contribution in [2.45, 2.75) is 18.9 Å². The van der Waals surface area contributed by atoms with E-state index in [0.29, 0.717) is 23.0 Å². The highest BCUT2D eigenvalue weighted by atomic mass is 16.6. The lowest BCUT2D eigenvalue weighted by molar-refractivity contribution is -0.384. The van der Waals surface area contributed by atoms with E-state index >= 15 is 0 Å². The summed E-state index contributed by atoms with van der Waals surface area (Å²) in [5.41, 5.74) is 1.47. The number of rotatable bonds is 8. The van der Waals surface area contributed by atoms with Gasteiger partial charge in [0, 0.05) is 23.4 Å². The van der Waals surface area contributed by atoms with Gasteiger partial charge >= 0.3 is 0 Å². The molecular formula is C19H20N4O5. The highest BCUT2D eigenvalue weighted by Crippen LogP contribution is 2.28. The number of methoxy groups -OCH3 is 1. The number of nitrogens with one attached hydrogen (secondary N) is 3. The lowest BCUT2D eigenvalue weighted by Crippen LogP contribution is -2.25. The van der Waals surface area contributed by atoms with Crippen LogP contribution in [0.5, 0.6) is 5.75 Å². The van der Waals surface area contributed by atoms with Crippen LogP contribution in [0, 0.1) is 10.1 Å². The summed E-state index contributed by atoms with van der Waals surface area (Å²) in [4.78, 5) is 34.4. The molecule has 0 heterocycles.